The lowest BCUT2D eigenvalue weighted by atomic mass is 10.2. The SMILES string of the molecule is CS(=O)(=O)c1ccc(Nc2cccc(Oc3ccncc3)c2)c([N+](=O)[O-])c1. The number of pyridine rings is 1. The van der Waals surface area contributed by atoms with Crippen molar-refractivity contribution in [2.75, 3.05) is 11.6 Å². The number of nitrogens with one attached hydrogen (secondary N) is 1. The summed E-state index contributed by atoms with van der Waals surface area (Å²) in [4.78, 5) is 14.5. The molecule has 0 saturated carbocycles. The van der Waals surface area contributed by atoms with Crippen LogP contribution in [0.2, 0.25) is 0 Å². The average molecular weight is 385 g/mol. The van der Waals surface area contributed by atoms with Crippen LogP contribution in [0, 0.1) is 10.1 Å². The highest BCUT2D eigenvalue weighted by Crippen LogP contribution is 2.32. The number of nitro benzene ring substituents is 1. The topological polar surface area (TPSA) is 111 Å². The summed E-state index contributed by atoms with van der Waals surface area (Å²) in [5.41, 5.74) is 0.392. The molecule has 1 N–H and O–H groups in total. The smallest absolute Gasteiger partial charge is 0.293 e. The van der Waals surface area contributed by atoms with E-state index in [0.717, 1.165) is 12.3 Å². The van der Waals surface area contributed by atoms with Crippen LogP contribution in [0.1, 0.15) is 0 Å². The Kier molecular flexibility index (Phi) is 5.04. The quantitative estimate of drug-likeness (QED) is 0.505. The van der Waals surface area contributed by atoms with Crippen LogP contribution in [-0.2, 0) is 9.84 Å². The van der Waals surface area contributed by atoms with E-state index >= 15 is 0 Å². The fourth-order valence-electron chi connectivity index (χ4n) is 2.33. The zero-order valence-corrected chi connectivity index (χ0v) is 15.0. The van der Waals surface area contributed by atoms with E-state index < -0.39 is 14.8 Å². The molecule has 0 atom stereocenters. The number of anilines is 2. The number of hydrogen-bond donors (Lipinski definition) is 1. The van der Waals surface area contributed by atoms with Crippen molar-refractivity contribution in [2.45, 2.75) is 4.90 Å². The predicted octanol–water partition coefficient (Wildman–Crippen LogP) is 3.93. The Hall–Kier alpha value is -3.46. The van der Waals surface area contributed by atoms with Gasteiger partial charge in [-0.3, -0.25) is 15.1 Å². The predicted molar refractivity (Wildman–Crippen MR) is 100 cm³/mol. The molecule has 0 saturated heterocycles. The van der Waals surface area contributed by atoms with Crippen molar-refractivity contribution in [1.29, 1.82) is 0 Å². The van der Waals surface area contributed by atoms with Crippen LogP contribution in [0.15, 0.2) is 71.9 Å². The molecule has 0 aliphatic carbocycles. The summed E-state index contributed by atoms with van der Waals surface area (Å²) < 4.78 is 29.0. The number of ether oxygens (including phenoxy) is 1. The molecule has 9 heteroatoms. The van der Waals surface area contributed by atoms with E-state index in [2.05, 4.69) is 10.3 Å². The second-order valence-electron chi connectivity index (χ2n) is 5.65. The molecule has 0 radical (unpaired) electrons. The molecule has 2 aromatic carbocycles. The van der Waals surface area contributed by atoms with Crippen LogP contribution in [0.25, 0.3) is 0 Å². The highest BCUT2D eigenvalue weighted by molar-refractivity contribution is 7.90. The number of sulfone groups is 1. The van der Waals surface area contributed by atoms with Crippen molar-refractivity contribution in [1.82, 2.24) is 4.98 Å². The van der Waals surface area contributed by atoms with Gasteiger partial charge in [-0.05, 0) is 36.4 Å². The first kappa shape index (κ1) is 18.3. The van der Waals surface area contributed by atoms with Gasteiger partial charge in [0.2, 0.25) is 0 Å². The largest absolute Gasteiger partial charge is 0.457 e. The van der Waals surface area contributed by atoms with Crippen molar-refractivity contribution in [2.24, 2.45) is 0 Å². The van der Waals surface area contributed by atoms with E-state index in [0.29, 0.717) is 17.2 Å². The summed E-state index contributed by atoms with van der Waals surface area (Å²) in [5, 5.41) is 14.3. The molecule has 0 bridgehead atoms. The monoisotopic (exact) mass is 385 g/mol. The van der Waals surface area contributed by atoms with Crippen LogP contribution >= 0.6 is 0 Å². The van der Waals surface area contributed by atoms with E-state index in [1.54, 1.807) is 48.8 Å². The van der Waals surface area contributed by atoms with Gasteiger partial charge in [0.25, 0.3) is 5.69 Å². The first-order valence-electron chi connectivity index (χ1n) is 7.76. The summed E-state index contributed by atoms with van der Waals surface area (Å²) in [6.07, 6.45) is 4.20. The maximum Gasteiger partial charge on any atom is 0.293 e. The third-order valence-electron chi connectivity index (χ3n) is 3.59. The third-order valence-corrected chi connectivity index (χ3v) is 4.70. The third kappa shape index (κ3) is 4.59. The fraction of sp³-hybridized carbons (Fsp3) is 0.0556. The second kappa shape index (κ2) is 7.42. The van der Waals surface area contributed by atoms with Gasteiger partial charge in [-0.25, -0.2) is 8.42 Å². The van der Waals surface area contributed by atoms with Gasteiger partial charge in [-0.15, -0.1) is 0 Å². The van der Waals surface area contributed by atoms with Crippen LogP contribution in [-0.4, -0.2) is 24.6 Å². The molecule has 0 amide bonds. The molecular weight excluding hydrogens is 370 g/mol. The minimum Gasteiger partial charge on any atom is -0.457 e. The summed E-state index contributed by atoms with van der Waals surface area (Å²) >= 11 is 0. The molecule has 3 rings (SSSR count). The van der Waals surface area contributed by atoms with Gasteiger partial charge in [0, 0.05) is 36.5 Å². The lowest BCUT2D eigenvalue weighted by Crippen LogP contribution is -2.02. The van der Waals surface area contributed by atoms with Crippen molar-refractivity contribution in [3.8, 4) is 11.5 Å². The zero-order valence-electron chi connectivity index (χ0n) is 14.2. The van der Waals surface area contributed by atoms with Crippen molar-refractivity contribution in [3.05, 3.63) is 77.1 Å². The van der Waals surface area contributed by atoms with Crippen LogP contribution in [0.4, 0.5) is 17.1 Å². The minimum absolute atomic E-state index is 0.116. The lowest BCUT2D eigenvalue weighted by molar-refractivity contribution is -0.384. The molecule has 0 aliphatic heterocycles. The number of nitrogens with zero attached hydrogens (tertiary/aromatic N) is 2. The number of aromatic nitrogens is 1. The lowest BCUT2D eigenvalue weighted by Gasteiger charge is -2.10. The Bertz CT molecular complexity index is 1090. The molecule has 1 aromatic heterocycles. The molecule has 1 heterocycles. The summed E-state index contributed by atoms with van der Waals surface area (Å²) in [6, 6.07) is 14.0. The molecule has 0 unspecified atom stereocenters. The fourth-order valence-corrected chi connectivity index (χ4v) is 2.97. The number of benzene rings is 2. The Morgan fingerprint density at radius 2 is 1.78 bits per heavy atom. The molecule has 138 valence electrons. The van der Waals surface area contributed by atoms with E-state index in [9.17, 15) is 18.5 Å². The van der Waals surface area contributed by atoms with Crippen LogP contribution < -0.4 is 10.1 Å². The normalized spacial score (nSPS) is 11.0. The summed E-state index contributed by atoms with van der Waals surface area (Å²) in [5.74, 6) is 1.13. The standard InChI is InChI=1S/C18H15N3O5S/c1-27(24,25)16-5-6-17(18(12-16)21(22)23)20-13-3-2-4-15(11-13)26-14-7-9-19-10-8-14/h2-12,20H,1H3. The van der Waals surface area contributed by atoms with Gasteiger partial charge in [-0.1, -0.05) is 6.07 Å². The molecule has 0 fully saturated rings. The first-order chi connectivity index (χ1) is 12.8. The Labute approximate surface area is 155 Å². The molecule has 8 nitrogen and oxygen atoms in total. The van der Waals surface area contributed by atoms with Gasteiger partial charge >= 0.3 is 0 Å². The average Bonchev–Trinajstić information content (AvgIpc) is 2.62. The maximum absolute atomic E-state index is 11.6. The Balaban J connectivity index is 1.89. The van der Waals surface area contributed by atoms with Crippen molar-refractivity contribution >= 4 is 26.9 Å². The minimum atomic E-state index is -3.55. The maximum atomic E-state index is 11.6. The highest BCUT2D eigenvalue weighted by Gasteiger charge is 2.19. The number of rotatable bonds is 6. The van der Waals surface area contributed by atoms with Gasteiger partial charge in [0.1, 0.15) is 17.2 Å². The summed E-state index contributed by atoms with van der Waals surface area (Å²) in [6.45, 7) is 0. The summed E-state index contributed by atoms with van der Waals surface area (Å²) in [7, 11) is -3.55. The van der Waals surface area contributed by atoms with Gasteiger partial charge in [0.05, 0.1) is 9.82 Å². The van der Waals surface area contributed by atoms with E-state index in [-0.39, 0.29) is 16.3 Å². The molecule has 0 spiro atoms. The van der Waals surface area contributed by atoms with Crippen molar-refractivity contribution < 1.29 is 18.1 Å². The molecule has 27 heavy (non-hydrogen) atoms. The van der Waals surface area contributed by atoms with Crippen LogP contribution in [0.3, 0.4) is 0 Å². The van der Waals surface area contributed by atoms with E-state index in [1.807, 2.05) is 0 Å². The number of nitro groups is 1. The second-order valence-corrected chi connectivity index (χ2v) is 7.66. The van der Waals surface area contributed by atoms with Crippen LogP contribution in [0.5, 0.6) is 11.5 Å². The van der Waals surface area contributed by atoms with Gasteiger partial charge < -0.3 is 10.1 Å². The van der Waals surface area contributed by atoms with E-state index in [1.165, 1.54) is 12.1 Å². The Morgan fingerprint density at radius 1 is 1.04 bits per heavy atom. The van der Waals surface area contributed by atoms with Gasteiger partial charge in [-0.2, -0.15) is 0 Å². The van der Waals surface area contributed by atoms with E-state index in [4.69, 9.17) is 4.74 Å². The Morgan fingerprint density at radius 3 is 2.44 bits per heavy atom. The first-order valence-corrected chi connectivity index (χ1v) is 9.65. The molecular formula is C18H15N3O5S. The highest BCUT2D eigenvalue weighted by atomic mass is 32.2. The molecule has 3 aromatic rings. The number of hydrogen-bond acceptors (Lipinski definition) is 7. The molecule has 0 aliphatic rings. The zero-order chi connectivity index (χ0) is 19.4. The van der Waals surface area contributed by atoms with Crippen molar-refractivity contribution in [3.63, 3.8) is 0 Å². The van der Waals surface area contributed by atoms with Gasteiger partial charge in [0.15, 0.2) is 9.84 Å².